The summed E-state index contributed by atoms with van der Waals surface area (Å²) >= 11 is 0. The minimum atomic E-state index is 0.109. The smallest absolute Gasteiger partial charge is 0.228 e. The lowest BCUT2D eigenvalue weighted by Gasteiger charge is -2.17. The lowest BCUT2D eigenvalue weighted by Crippen LogP contribution is -2.19. The van der Waals surface area contributed by atoms with Gasteiger partial charge < -0.3 is 10.6 Å². The summed E-state index contributed by atoms with van der Waals surface area (Å²) in [6.07, 6.45) is 1.83. The van der Waals surface area contributed by atoms with Gasteiger partial charge in [0.25, 0.3) is 0 Å². The fourth-order valence-electron chi connectivity index (χ4n) is 2.89. The first-order chi connectivity index (χ1) is 8.19. The molecule has 3 nitrogen and oxygen atoms in total. The first kappa shape index (κ1) is 10.8. The van der Waals surface area contributed by atoms with Gasteiger partial charge in [0.15, 0.2) is 0 Å². The Morgan fingerprint density at radius 2 is 2.24 bits per heavy atom. The second kappa shape index (κ2) is 3.84. The van der Waals surface area contributed by atoms with Gasteiger partial charge in [-0.15, -0.1) is 0 Å². The molecule has 3 atom stereocenters. The predicted octanol–water partition coefficient (Wildman–Crippen LogP) is 2.10. The van der Waals surface area contributed by atoms with Gasteiger partial charge in [0, 0.05) is 11.7 Å². The third-order valence-corrected chi connectivity index (χ3v) is 4.02. The molecule has 0 radical (unpaired) electrons. The maximum absolute atomic E-state index is 11.3. The molecule has 2 aliphatic rings. The molecule has 1 amide bonds. The van der Waals surface area contributed by atoms with Crippen LogP contribution in [0, 0.1) is 11.8 Å². The normalized spacial score (nSPS) is 27.5. The van der Waals surface area contributed by atoms with Gasteiger partial charge >= 0.3 is 0 Å². The lowest BCUT2D eigenvalue weighted by atomic mass is 9.98. The zero-order valence-electron chi connectivity index (χ0n) is 10.3. The zero-order chi connectivity index (χ0) is 12.0. The van der Waals surface area contributed by atoms with Crippen LogP contribution in [0.1, 0.15) is 30.5 Å². The molecular formula is C14H18N2O. The van der Waals surface area contributed by atoms with Gasteiger partial charge in [-0.1, -0.05) is 19.1 Å². The number of amides is 1. The van der Waals surface area contributed by atoms with Crippen molar-refractivity contribution in [3.05, 3.63) is 29.3 Å². The van der Waals surface area contributed by atoms with Crippen molar-refractivity contribution < 1.29 is 4.79 Å². The molecule has 0 aromatic heterocycles. The largest absolute Gasteiger partial charge is 0.326 e. The van der Waals surface area contributed by atoms with Crippen LogP contribution < -0.4 is 10.6 Å². The number of nitrogens with one attached hydrogen (secondary N) is 2. The van der Waals surface area contributed by atoms with E-state index in [2.05, 4.69) is 29.7 Å². The minimum Gasteiger partial charge on any atom is -0.326 e. The molecule has 17 heavy (non-hydrogen) atoms. The van der Waals surface area contributed by atoms with Gasteiger partial charge in [-0.3, -0.25) is 4.79 Å². The van der Waals surface area contributed by atoms with Crippen LogP contribution >= 0.6 is 0 Å². The summed E-state index contributed by atoms with van der Waals surface area (Å²) in [5, 5.41) is 6.28. The van der Waals surface area contributed by atoms with E-state index in [4.69, 9.17) is 0 Å². The minimum absolute atomic E-state index is 0.109. The average molecular weight is 230 g/mol. The average Bonchev–Trinajstić information content (AvgIpc) is 2.88. The number of rotatable bonds is 3. The molecule has 3 unspecified atom stereocenters. The summed E-state index contributed by atoms with van der Waals surface area (Å²) in [5.41, 5.74) is 3.44. The fraction of sp³-hybridized carbons (Fsp3) is 0.500. The Bertz CT molecular complexity index is 469. The zero-order valence-corrected chi connectivity index (χ0v) is 10.3. The van der Waals surface area contributed by atoms with E-state index in [9.17, 15) is 4.79 Å². The second-order valence-electron chi connectivity index (χ2n) is 5.28. The molecule has 0 spiro atoms. The second-order valence-corrected chi connectivity index (χ2v) is 5.28. The topological polar surface area (TPSA) is 41.1 Å². The van der Waals surface area contributed by atoms with Crippen LogP contribution in [0.15, 0.2) is 18.2 Å². The van der Waals surface area contributed by atoms with Gasteiger partial charge in [-0.05, 0) is 42.5 Å². The quantitative estimate of drug-likeness (QED) is 0.835. The number of benzene rings is 1. The monoisotopic (exact) mass is 230 g/mol. The van der Waals surface area contributed by atoms with Crippen molar-refractivity contribution in [1.29, 1.82) is 0 Å². The molecule has 90 valence electrons. The van der Waals surface area contributed by atoms with Crippen LogP contribution in [-0.4, -0.2) is 13.0 Å². The van der Waals surface area contributed by atoms with Crippen molar-refractivity contribution in [2.75, 3.05) is 12.4 Å². The number of carbonyl (C=O) groups excluding carboxylic acids is 1. The molecule has 1 aliphatic carbocycles. The highest BCUT2D eigenvalue weighted by Gasteiger charge is 2.39. The number of fused-ring (bicyclic) bond motifs is 1. The molecule has 0 bridgehead atoms. The summed E-state index contributed by atoms with van der Waals surface area (Å²) in [6, 6.07) is 6.79. The van der Waals surface area contributed by atoms with Crippen molar-refractivity contribution in [3.63, 3.8) is 0 Å². The maximum Gasteiger partial charge on any atom is 0.228 e. The summed E-state index contributed by atoms with van der Waals surface area (Å²) in [6.45, 7) is 2.30. The Morgan fingerprint density at radius 1 is 1.47 bits per heavy atom. The molecular weight excluding hydrogens is 212 g/mol. The molecule has 1 heterocycles. The van der Waals surface area contributed by atoms with E-state index in [1.54, 1.807) is 0 Å². The Kier molecular flexibility index (Phi) is 2.44. The molecule has 1 aliphatic heterocycles. The van der Waals surface area contributed by atoms with Crippen molar-refractivity contribution in [3.8, 4) is 0 Å². The van der Waals surface area contributed by atoms with Crippen LogP contribution in [0.4, 0.5) is 5.69 Å². The Morgan fingerprint density at radius 3 is 2.88 bits per heavy atom. The van der Waals surface area contributed by atoms with Gasteiger partial charge in [0.05, 0.1) is 6.42 Å². The van der Waals surface area contributed by atoms with E-state index < -0.39 is 0 Å². The van der Waals surface area contributed by atoms with Crippen molar-refractivity contribution in [1.82, 2.24) is 5.32 Å². The maximum atomic E-state index is 11.3. The summed E-state index contributed by atoms with van der Waals surface area (Å²) in [5.74, 6) is 1.68. The first-order valence-electron chi connectivity index (χ1n) is 6.29. The third kappa shape index (κ3) is 1.84. The predicted molar refractivity (Wildman–Crippen MR) is 67.8 cm³/mol. The Balaban J connectivity index is 1.88. The summed E-state index contributed by atoms with van der Waals surface area (Å²) < 4.78 is 0. The molecule has 1 saturated carbocycles. The van der Waals surface area contributed by atoms with E-state index >= 15 is 0 Å². The number of hydrogen-bond acceptors (Lipinski definition) is 2. The Labute approximate surface area is 102 Å². The van der Waals surface area contributed by atoms with E-state index in [1.165, 1.54) is 12.0 Å². The van der Waals surface area contributed by atoms with Crippen molar-refractivity contribution in [2.24, 2.45) is 11.8 Å². The number of hydrogen-bond donors (Lipinski definition) is 2. The molecule has 1 aromatic rings. The Hall–Kier alpha value is -1.35. The van der Waals surface area contributed by atoms with Crippen LogP contribution in [0.2, 0.25) is 0 Å². The standard InChI is InChI=1S/C14H18N2O/c1-8-5-11(8)14(15-2)9-3-4-12-10(6-9)7-13(17)16-12/h3-4,6,8,11,14-15H,5,7H2,1-2H3,(H,16,17). The van der Waals surface area contributed by atoms with Gasteiger partial charge in [-0.2, -0.15) is 0 Å². The number of anilines is 1. The third-order valence-electron chi connectivity index (χ3n) is 4.02. The molecule has 0 saturated heterocycles. The van der Waals surface area contributed by atoms with Gasteiger partial charge in [0.2, 0.25) is 5.91 Å². The van der Waals surface area contributed by atoms with Gasteiger partial charge in [0.1, 0.15) is 0 Å². The molecule has 1 fully saturated rings. The highest BCUT2D eigenvalue weighted by atomic mass is 16.1. The highest BCUT2D eigenvalue weighted by molar-refractivity contribution is 5.99. The molecule has 2 N–H and O–H groups in total. The summed E-state index contributed by atoms with van der Waals surface area (Å²) in [7, 11) is 2.02. The van der Waals surface area contributed by atoms with Crippen LogP contribution in [0.25, 0.3) is 0 Å². The van der Waals surface area contributed by atoms with Crippen LogP contribution in [0.5, 0.6) is 0 Å². The van der Waals surface area contributed by atoms with Crippen molar-refractivity contribution in [2.45, 2.75) is 25.8 Å². The molecule has 3 rings (SSSR count). The first-order valence-corrected chi connectivity index (χ1v) is 6.29. The SMILES string of the molecule is CNC(c1ccc2c(c1)CC(=O)N2)C1CC1C. The highest BCUT2D eigenvalue weighted by Crippen LogP contribution is 2.47. The van der Waals surface area contributed by atoms with E-state index in [0.29, 0.717) is 12.5 Å². The van der Waals surface area contributed by atoms with Crippen LogP contribution in [0.3, 0.4) is 0 Å². The lowest BCUT2D eigenvalue weighted by molar-refractivity contribution is -0.115. The number of carbonyl (C=O) groups is 1. The van der Waals surface area contributed by atoms with E-state index in [0.717, 1.165) is 23.1 Å². The van der Waals surface area contributed by atoms with E-state index in [1.807, 2.05) is 13.1 Å². The van der Waals surface area contributed by atoms with Crippen molar-refractivity contribution >= 4 is 11.6 Å². The molecule has 1 aromatic carbocycles. The van der Waals surface area contributed by atoms with Crippen LogP contribution in [-0.2, 0) is 11.2 Å². The van der Waals surface area contributed by atoms with E-state index in [-0.39, 0.29) is 5.91 Å². The fourth-order valence-corrected chi connectivity index (χ4v) is 2.89. The molecule has 3 heteroatoms. The van der Waals surface area contributed by atoms with Gasteiger partial charge in [-0.25, -0.2) is 0 Å². The summed E-state index contributed by atoms with van der Waals surface area (Å²) in [4.78, 5) is 11.3.